The van der Waals surface area contributed by atoms with E-state index in [1.54, 1.807) is 25.2 Å². The van der Waals surface area contributed by atoms with E-state index in [4.69, 9.17) is 4.52 Å². The summed E-state index contributed by atoms with van der Waals surface area (Å²) in [5.41, 5.74) is 0.373. The summed E-state index contributed by atoms with van der Waals surface area (Å²) >= 11 is 1.60. The van der Waals surface area contributed by atoms with E-state index in [-0.39, 0.29) is 17.3 Å². The second-order valence-electron chi connectivity index (χ2n) is 6.19. The van der Waals surface area contributed by atoms with Crippen molar-refractivity contribution in [2.75, 3.05) is 32.7 Å². The third-order valence-electron chi connectivity index (χ3n) is 4.30. The fourth-order valence-electron chi connectivity index (χ4n) is 2.96. The van der Waals surface area contributed by atoms with Crippen molar-refractivity contribution in [3.63, 3.8) is 0 Å². The normalized spacial score (nSPS) is 16.7. The van der Waals surface area contributed by atoms with Gasteiger partial charge in [-0.05, 0) is 25.3 Å². The van der Waals surface area contributed by atoms with Crippen molar-refractivity contribution in [3.8, 4) is 0 Å². The maximum Gasteiger partial charge on any atom is 0.248 e. The molecule has 0 aliphatic carbocycles. The van der Waals surface area contributed by atoms with Gasteiger partial charge in [-0.1, -0.05) is 11.2 Å². The molecule has 2 aromatic heterocycles. The number of hydrogen-bond acceptors (Lipinski definition) is 7. The van der Waals surface area contributed by atoms with E-state index in [1.807, 2.05) is 22.4 Å². The van der Waals surface area contributed by atoms with Crippen molar-refractivity contribution >= 4 is 27.3 Å². The third-order valence-corrected chi connectivity index (χ3v) is 7.32. The highest BCUT2D eigenvalue weighted by molar-refractivity contribution is 7.89. The van der Waals surface area contributed by atoms with E-state index in [1.165, 1.54) is 4.31 Å². The summed E-state index contributed by atoms with van der Waals surface area (Å²) in [4.78, 5) is 15.3. The Morgan fingerprint density at radius 1 is 1.31 bits per heavy atom. The van der Waals surface area contributed by atoms with Crippen molar-refractivity contribution in [1.82, 2.24) is 19.7 Å². The first-order valence-corrected chi connectivity index (χ1v) is 10.6. The highest BCUT2D eigenvalue weighted by atomic mass is 32.2. The van der Waals surface area contributed by atoms with Crippen LogP contribution in [0.1, 0.15) is 16.3 Å². The molecule has 1 N–H and O–H groups in total. The number of nitrogens with zero attached hydrogens (tertiary/aromatic N) is 3. The Morgan fingerprint density at radius 2 is 2.04 bits per heavy atom. The average Bonchev–Trinajstić information content (AvgIpc) is 3.23. The standard InChI is InChI=1S/C16H22N4O4S2/c1-12-16(13(2)24-18-12)26(22,23)20-7-5-19(6-8-20)11-15(21)17-10-14-4-3-9-25-14/h3-4,9H,5-8,10-11H2,1-2H3,(H,17,21). The molecule has 0 aromatic carbocycles. The van der Waals surface area contributed by atoms with Crippen LogP contribution in [0, 0.1) is 13.8 Å². The van der Waals surface area contributed by atoms with Gasteiger partial charge in [-0.2, -0.15) is 4.31 Å². The van der Waals surface area contributed by atoms with Gasteiger partial charge >= 0.3 is 0 Å². The van der Waals surface area contributed by atoms with Crippen LogP contribution < -0.4 is 5.32 Å². The van der Waals surface area contributed by atoms with Crippen LogP contribution in [0.4, 0.5) is 0 Å². The Balaban J connectivity index is 1.52. The lowest BCUT2D eigenvalue weighted by molar-refractivity contribution is -0.122. The average molecular weight is 399 g/mol. The third kappa shape index (κ3) is 4.14. The summed E-state index contributed by atoms with van der Waals surface area (Å²) in [6.07, 6.45) is 0. The molecule has 26 heavy (non-hydrogen) atoms. The number of aryl methyl sites for hydroxylation is 2. The number of sulfonamides is 1. The fourth-order valence-corrected chi connectivity index (χ4v) is 5.32. The number of piperazine rings is 1. The molecule has 0 bridgehead atoms. The zero-order valence-corrected chi connectivity index (χ0v) is 16.4. The summed E-state index contributed by atoms with van der Waals surface area (Å²) in [6.45, 7) is 5.71. The Morgan fingerprint density at radius 3 is 2.62 bits per heavy atom. The molecule has 0 atom stereocenters. The highest BCUT2D eigenvalue weighted by Crippen LogP contribution is 2.24. The van der Waals surface area contributed by atoms with Crippen LogP contribution in [0.5, 0.6) is 0 Å². The van der Waals surface area contributed by atoms with Crippen molar-refractivity contribution in [3.05, 3.63) is 33.8 Å². The predicted octanol–water partition coefficient (Wildman–Crippen LogP) is 0.976. The van der Waals surface area contributed by atoms with Gasteiger partial charge in [-0.25, -0.2) is 8.42 Å². The lowest BCUT2D eigenvalue weighted by Crippen LogP contribution is -2.51. The van der Waals surface area contributed by atoms with Crippen LogP contribution in [-0.2, 0) is 21.4 Å². The van der Waals surface area contributed by atoms with E-state index >= 15 is 0 Å². The molecule has 3 rings (SSSR count). The van der Waals surface area contributed by atoms with Gasteiger partial charge in [0.1, 0.15) is 10.6 Å². The van der Waals surface area contributed by atoms with Crippen molar-refractivity contribution in [2.45, 2.75) is 25.3 Å². The van der Waals surface area contributed by atoms with Gasteiger partial charge in [-0.15, -0.1) is 11.3 Å². The number of carbonyl (C=O) groups is 1. The number of hydrogen-bond donors (Lipinski definition) is 1. The van der Waals surface area contributed by atoms with Crippen molar-refractivity contribution in [1.29, 1.82) is 0 Å². The molecule has 142 valence electrons. The molecule has 1 aliphatic rings. The topological polar surface area (TPSA) is 95.8 Å². The molecule has 0 spiro atoms. The molecule has 1 aliphatic heterocycles. The van der Waals surface area contributed by atoms with Gasteiger partial charge in [0, 0.05) is 31.1 Å². The van der Waals surface area contributed by atoms with Crippen LogP contribution in [-0.4, -0.2) is 61.4 Å². The second kappa shape index (κ2) is 7.87. The Hall–Kier alpha value is -1.75. The Bertz CT molecular complexity index is 833. The van der Waals surface area contributed by atoms with E-state index in [0.29, 0.717) is 44.2 Å². The Labute approximate surface area is 156 Å². The van der Waals surface area contributed by atoms with Crippen LogP contribution >= 0.6 is 11.3 Å². The zero-order chi connectivity index (χ0) is 18.7. The predicted molar refractivity (Wildman–Crippen MR) is 97.3 cm³/mol. The lowest BCUT2D eigenvalue weighted by Gasteiger charge is -2.33. The molecule has 1 amide bonds. The first-order valence-electron chi connectivity index (χ1n) is 8.32. The summed E-state index contributed by atoms with van der Waals surface area (Å²) < 4.78 is 32.0. The molecule has 2 aromatic rings. The molecule has 8 nitrogen and oxygen atoms in total. The number of thiophene rings is 1. The smallest absolute Gasteiger partial charge is 0.248 e. The fraction of sp³-hybridized carbons (Fsp3) is 0.500. The number of aromatic nitrogens is 1. The van der Waals surface area contributed by atoms with Crippen molar-refractivity contribution < 1.29 is 17.7 Å². The van der Waals surface area contributed by atoms with Crippen LogP contribution in [0.15, 0.2) is 26.9 Å². The molecule has 1 fully saturated rings. The maximum atomic E-state index is 12.8. The van der Waals surface area contributed by atoms with E-state index < -0.39 is 10.0 Å². The van der Waals surface area contributed by atoms with E-state index in [2.05, 4.69) is 10.5 Å². The van der Waals surface area contributed by atoms with Crippen LogP contribution in [0.2, 0.25) is 0 Å². The minimum Gasteiger partial charge on any atom is -0.360 e. The molecule has 1 saturated heterocycles. The Kier molecular flexibility index (Phi) is 5.76. The number of carbonyl (C=O) groups excluding carboxylic acids is 1. The highest BCUT2D eigenvalue weighted by Gasteiger charge is 2.33. The summed E-state index contributed by atoms with van der Waals surface area (Å²) in [6, 6.07) is 3.92. The minimum atomic E-state index is -3.62. The van der Waals surface area contributed by atoms with E-state index in [0.717, 1.165) is 4.88 Å². The summed E-state index contributed by atoms with van der Waals surface area (Å²) in [5, 5.41) is 8.59. The van der Waals surface area contributed by atoms with Gasteiger partial charge in [-0.3, -0.25) is 9.69 Å². The monoisotopic (exact) mass is 398 g/mol. The number of nitrogens with one attached hydrogen (secondary N) is 1. The minimum absolute atomic E-state index is 0.0552. The first kappa shape index (κ1) is 19.0. The van der Waals surface area contributed by atoms with Gasteiger partial charge < -0.3 is 9.84 Å². The SMILES string of the molecule is Cc1noc(C)c1S(=O)(=O)N1CCN(CC(=O)NCc2cccs2)CC1. The van der Waals surface area contributed by atoms with Gasteiger partial charge in [0.15, 0.2) is 5.76 Å². The van der Waals surface area contributed by atoms with Crippen LogP contribution in [0.3, 0.4) is 0 Å². The molecular formula is C16H22N4O4S2. The van der Waals surface area contributed by atoms with Crippen LogP contribution in [0.25, 0.3) is 0 Å². The molecule has 3 heterocycles. The maximum absolute atomic E-state index is 12.8. The molecule has 10 heteroatoms. The molecule has 0 unspecified atom stereocenters. The largest absolute Gasteiger partial charge is 0.360 e. The summed E-state index contributed by atoms with van der Waals surface area (Å²) in [7, 11) is -3.62. The quantitative estimate of drug-likeness (QED) is 0.779. The lowest BCUT2D eigenvalue weighted by atomic mass is 10.3. The zero-order valence-electron chi connectivity index (χ0n) is 14.8. The van der Waals surface area contributed by atoms with Crippen molar-refractivity contribution in [2.24, 2.45) is 0 Å². The summed E-state index contributed by atoms with van der Waals surface area (Å²) in [5.74, 6) is 0.248. The molecule has 0 saturated carbocycles. The number of amides is 1. The number of rotatable bonds is 6. The first-order chi connectivity index (χ1) is 12.4. The second-order valence-corrected chi connectivity index (χ2v) is 9.10. The molecular weight excluding hydrogens is 376 g/mol. The van der Waals surface area contributed by atoms with Gasteiger partial charge in [0.05, 0.1) is 13.1 Å². The van der Waals surface area contributed by atoms with Gasteiger partial charge in [0.25, 0.3) is 0 Å². The van der Waals surface area contributed by atoms with E-state index in [9.17, 15) is 13.2 Å². The molecule has 0 radical (unpaired) electrons. The van der Waals surface area contributed by atoms with Gasteiger partial charge in [0.2, 0.25) is 15.9 Å².